The third-order valence-corrected chi connectivity index (χ3v) is 5.88. The molecule has 2 aromatic carbocycles. The molecule has 1 fully saturated rings. The fourth-order valence-electron chi connectivity index (χ4n) is 3.21. The molecule has 28 heavy (non-hydrogen) atoms. The van der Waals surface area contributed by atoms with E-state index in [9.17, 15) is 4.79 Å². The van der Waals surface area contributed by atoms with Crippen LogP contribution in [-0.2, 0) is 6.54 Å². The van der Waals surface area contributed by atoms with E-state index in [1.807, 2.05) is 35.2 Å². The van der Waals surface area contributed by atoms with Crippen LogP contribution in [0, 0.1) is 5.92 Å². The number of methoxy groups -OCH3 is 2. The number of halogens is 1. The molecule has 1 saturated carbocycles. The van der Waals surface area contributed by atoms with Crippen molar-refractivity contribution in [1.29, 1.82) is 0 Å². The second-order valence-electron chi connectivity index (χ2n) is 7.14. The number of urea groups is 1. The highest BCUT2D eigenvalue weighted by Crippen LogP contribution is 2.34. The van der Waals surface area contributed by atoms with Crippen LogP contribution in [0.4, 0.5) is 4.79 Å². The molecule has 0 heterocycles. The average Bonchev–Trinajstić information content (AvgIpc) is 3.55. The Bertz CT molecular complexity index is 809. The molecular formula is C22H27BrN2O3. The Hall–Kier alpha value is -2.21. The zero-order valence-electron chi connectivity index (χ0n) is 16.6. The van der Waals surface area contributed by atoms with Crippen molar-refractivity contribution < 1.29 is 14.3 Å². The summed E-state index contributed by atoms with van der Waals surface area (Å²) in [7, 11) is 3.21. The molecule has 0 aliphatic heterocycles. The van der Waals surface area contributed by atoms with Gasteiger partial charge in [0.15, 0.2) is 11.5 Å². The summed E-state index contributed by atoms with van der Waals surface area (Å²) in [5, 5.41) is 3.07. The smallest absolute Gasteiger partial charge is 0.318 e. The first-order valence-electron chi connectivity index (χ1n) is 9.53. The SMILES string of the molecule is COc1cc(Br)c(CNC(=O)N(CC2CC2)C(C)c2ccccc2)cc1OC. The van der Waals surface area contributed by atoms with E-state index in [1.165, 1.54) is 12.8 Å². The molecule has 0 bridgehead atoms. The van der Waals surface area contributed by atoms with Gasteiger partial charge >= 0.3 is 6.03 Å². The highest BCUT2D eigenvalue weighted by Gasteiger charge is 2.30. The monoisotopic (exact) mass is 446 g/mol. The Morgan fingerprint density at radius 3 is 2.43 bits per heavy atom. The minimum absolute atomic E-state index is 0.0237. The summed E-state index contributed by atoms with van der Waals surface area (Å²) in [4.78, 5) is 15.0. The molecule has 3 rings (SSSR count). The molecule has 1 unspecified atom stereocenters. The topological polar surface area (TPSA) is 50.8 Å². The van der Waals surface area contributed by atoms with Crippen LogP contribution in [0.15, 0.2) is 46.9 Å². The quantitative estimate of drug-likeness (QED) is 0.609. The van der Waals surface area contributed by atoms with Crippen molar-refractivity contribution in [3.63, 3.8) is 0 Å². The molecule has 2 aromatic rings. The van der Waals surface area contributed by atoms with Gasteiger partial charge in [-0.05, 0) is 48.9 Å². The predicted molar refractivity (Wildman–Crippen MR) is 114 cm³/mol. The lowest BCUT2D eigenvalue weighted by molar-refractivity contribution is 0.175. The lowest BCUT2D eigenvalue weighted by Crippen LogP contribution is -2.42. The van der Waals surface area contributed by atoms with Crippen molar-refractivity contribution in [2.75, 3.05) is 20.8 Å². The summed E-state index contributed by atoms with van der Waals surface area (Å²) in [6.07, 6.45) is 2.40. The highest BCUT2D eigenvalue weighted by atomic mass is 79.9. The summed E-state index contributed by atoms with van der Waals surface area (Å²) in [5.41, 5.74) is 2.08. The second-order valence-corrected chi connectivity index (χ2v) is 7.99. The van der Waals surface area contributed by atoms with Gasteiger partial charge in [0, 0.05) is 17.6 Å². The van der Waals surface area contributed by atoms with E-state index >= 15 is 0 Å². The second kappa shape index (κ2) is 9.32. The number of ether oxygens (including phenoxy) is 2. The van der Waals surface area contributed by atoms with Crippen molar-refractivity contribution >= 4 is 22.0 Å². The highest BCUT2D eigenvalue weighted by molar-refractivity contribution is 9.10. The lowest BCUT2D eigenvalue weighted by Gasteiger charge is -2.30. The van der Waals surface area contributed by atoms with Gasteiger partial charge in [0.05, 0.1) is 20.3 Å². The van der Waals surface area contributed by atoms with E-state index < -0.39 is 0 Å². The van der Waals surface area contributed by atoms with Crippen molar-refractivity contribution in [1.82, 2.24) is 10.2 Å². The van der Waals surface area contributed by atoms with Crippen molar-refractivity contribution in [3.05, 3.63) is 58.1 Å². The largest absolute Gasteiger partial charge is 0.493 e. The summed E-state index contributed by atoms with van der Waals surface area (Å²) >= 11 is 3.55. The number of hydrogen-bond acceptors (Lipinski definition) is 3. The molecular weight excluding hydrogens is 420 g/mol. The number of carbonyl (C=O) groups is 1. The van der Waals surface area contributed by atoms with E-state index in [0.717, 1.165) is 22.1 Å². The van der Waals surface area contributed by atoms with E-state index in [2.05, 4.69) is 40.3 Å². The first-order chi connectivity index (χ1) is 13.5. The molecule has 6 heteroatoms. The number of benzene rings is 2. The van der Waals surface area contributed by atoms with E-state index in [-0.39, 0.29) is 12.1 Å². The van der Waals surface area contributed by atoms with Crippen LogP contribution in [0.3, 0.4) is 0 Å². The van der Waals surface area contributed by atoms with Gasteiger partial charge in [-0.1, -0.05) is 46.3 Å². The first kappa shape index (κ1) is 20.5. The Kier molecular flexibility index (Phi) is 6.83. The average molecular weight is 447 g/mol. The van der Waals surface area contributed by atoms with E-state index in [4.69, 9.17) is 9.47 Å². The zero-order valence-corrected chi connectivity index (χ0v) is 18.2. The van der Waals surface area contributed by atoms with Gasteiger partial charge < -0.3 is 19.7 Å². The van der Waals surface area contributed by atoms with E-state index in [0.29, 0.717) is 24.0 Å². The molecule has 0 radical (unpaired) electrons. The van der Waals surface area contributed by atoms with Gasteiger partial charge in [0.1, 0.15) is 0 Å². The molecule has 1 aliphatic rings. The van der Waals surface area contributed by atoms with Crippen LogP contribution in [-0.4, -0.2) is 31.7 Å². The maximum atomic E-state index is 13.0. The van der Waals surface area contributed by atoms with Crippen LogP contribution in [0.1, 0.15) is 36.9 Å². The summed E-state index contributed by atoms with van der Waals surface area (Å²) in [6.45, 7) is 3.28. The maximum Gasteiger partial charge on any atom is 0.318 e. The molecule has 150 valence electrons. The molecule has 1 aliphatic carbocycles. The summed E-state index contributed by atoms with van der Waals surface area (Å²) < 4.78 is 11.6. The van der Waals surface area contributed by atoms with Gasteiger partial charge in [-0.2, -0.15) is 0 Å². The number of hydrogen-bond donors (Lipinski definition) is 1. The summed E-state index contributed by atoms with van der Waals surface area (Å²) in [5.74, 6) is 1.91. The third-order valence-electron chi connectivity index (χ3n) is 5.14. The zero-order chi connectivity index (χ0) is 20.1. The minimum Gasteiger partial charge on any atom is -0.493 e. The number of amides is 2. The molecule has 2 amide bonds. The Morgan fingerprint density at radius 2 is 1.82 bits per heavy atom. The Labute approximate surface area is 175 Å². The maximum absolute atomic E-state index is 13.0. The predicted octanol–water partition coefficient (Wildman–Crippen LogP) is 5.15. The van der Waals surface area contributed by atoms with Crippen LogP contribution in [0.2, 0.25) is 0 Å². The van der Waals surface area contributed by atoms with Crippen molar-refractivity contribution in [2.45, 2.75) is 32.4 Å². The van der Waals surface area contributed by atoms with E-state index in [1.54, 1.807) is 14.2 Å². The van der Waals surface area contributed by atoms with Gasteiger partial charge in [-0.3, -0.25) is 0 Å². The van der Waals surface area contributed by atoms with Crippen LogP contribution >= 0.6 is 15.9 Å². The Morgan fingerprint density at radius 1 is 1.18 bits per heavy atom. The molecule has 0 spiro atoms. The number of nitrogens with zero attached hydrogens (tertiary/aromatic N) is 1. The lowest BCUT2D eigenvalue weighted by atomic mass is 10.1. The molecule has 5 nitrogen and oxygen atoms in total. The number of nitrogens with one attached hydrogen (secondary N) is 1. The van der Waals surface area contributed by atoms with Gasteiger partial charge in [-0.15, -0.1) is 0 Å². The van der Waals surface area contributed by atoms with Gasteiger partial charge in [0.25, 0.3) is 0 Å². The standard InChI is InChI=1S/C22H27BrN2O3/c1-15(17-7-5-4-6-8-17)25(14-16-9-10-16)22(26)24-13-18-11-20(27-2)21(28-3)12-19(18)23/h4-8,11-12,15-16H,9-10,13-14H2,1-3H3,(H,24,26). The van der Waals surface area contributed by atoms with Gasteiger partial charge in [0.2, 0.25) is 0 Å². The Balaban J connectivity index is 1.72. The van der Waals surface area contributed by atoms with Crippen LogP contribution in [0.25, 0.3) is 0 Å². The first-order valence-corrected chi connectivity index (χ1v) is 10.3. The van der Waals surface area contributed by atoms with Crippen molar-refractivity contribution in [2.24, 2.45) is 5.92 Å². The molecule has 0 aromatic heterocycles. The molecule has 1 atom stereocenters. The number of rotatable bonds is 8. The molecule has 1 N–H and O–H groups in total. The fourth-order valence-corrected chi connectivity index (χ4v) is 3.67. The van der Waals surface area contributed by atoms with Crippen LogP contribution < -0.4 is 14.8 Å². The van der Waals surface area contributed by atoms with Crippen molar-refractivity contribution in [3.8, 4) is 11.5 Å². The van der Waals surface area contributed by atoms with Crippen LogP contribution in [0.5, 0.6) is 11.5 Å². The fraction of sp³-hybridized carbons (Fsp3) is 0.409. The number of carbonyl (C=O) groups excluding carboxylic acids is 1. The van der Waals surface area contributed by atoms with Gasteiger partial charge in [-0.25, -0.2) is 4.79 Å². The summed E-state index contributed by atoms with van der Waals surface area (Å²) in [6, 6.07) is 13.9. The third kappa shape index (κ3) is 4.98. The molecule has 0 saturated heterocycles. The normalized spacial score (nSPS) is 14.3. The minimum atomic E-state index is -0.0510.